The molecule has 1 fully saturated rings. The molecule has 3 atom stereocenters. The molecular weight excluding hydrogens is 519 g/mol. The Balaban J connectivity index is 1.58. The summed E-state index contributed by atoms with van der Waals surface area (Å²) in [7, 11) is 0. The average molecular weight is 535 g/mol. The molecule has 34 heavy (non-hydrogen) atoms. The van der Waals surface area contributed by atoms with Gasteiger partial charge in [0.25, 0.3) is 0 Å². The fraction of sp³-hybridized carbons (Fsp3) is 0.217. The lowest BCUT2D eigenvalue weighted by molar-refractivity contribution is -0.122. The van der Waals surface area contributed by atoms with Gasteiger partial charge in [0.05, 0.1) is 38.8 Å². The van der Waals surface area contributed by atoms with Gasteiger partial charge in [0.2, 0.25) is 11.8 Å². The maximum Gasteiger partial charge on any atom is 0.338 e. The third-order valence-electron chi connectivity index (χ3n) is 5.78. The number of H-pyrrole nitrogens is 1. The Labute approximate surface area is 212 Å². The van der Waals surface area contributed by atoms with Crippen LogP contribution in [0.25, 0.3) is 0 Å². The zero-order valence-corrected chi connectivity index (χ0v) is 20.7. The van der Waals surface area contributed by atoms with Gasteiger partial charge in [0, 0.05) is 10.8 Å². The first-order chi connectivity index (χ1) is 16.3. The predicted octanol–water partition coefficient (Wildman–Crippen LogP) is 4.72. The van der Waals surface area contributed by atoms with Gasteiger partial charge in [-0.25, -0.2) is 9.69 Å². The number of fused-ring (bicyclic) bond motifs is 2. The van der Waals surface area contributed by atoms with Crippen molar-refractivity contribution in [3.8, 4) is 0 Å². The molecule has 7 nitrogen and oxygen atoms in total. The van der Waals surface area contributed by atoms with E-state index in [-0.39, 0.29) is 16.5 Å². The number of nitrogens with zero attached hydrogens (tertiary/aromatic N) is 1. The Morgan fingerprint density at radius 2 is 1.82 bits per heavy atom. The van der Waals surface area contributed by atoms with Crippen molar-refractivity contribution >= 4 is 69.8 Å². The van der Waals surface area contributed by atoms with Gasteiger partial charge in [0.1, 0.15) is 5.25 Å². The largest absolute Gasteiger partial charge is 0.462 e. The van der Waals surface area contributed by atoms with E-state index in [1.54, 1.807) is 37.3 Å². The Morgan fingerprint density at radius 1 is 1.09 bits per heavy atom. The van der Waals surface area contributed by atoms with Crippen molar-refractivity contribution in [2.75, 3.05) is 11.5 Å². The molecule has 0 radical (unpaired) electrons. The van der Waals surface area contributed by atoms with Gasteiger partial charge < -0.3 is 9.72 Å². The number of rotatable bonds is 4. The third kappa shape index (κ3) is 3.67. The Kier molecular flexibility index (Phi) is 6.05. The van der Waals surface area contributed by atoms with Crippen LogP contribution in [0.15, 0.2) is 52.3 Å². The molecule has 2 aliphatic heterocycles. The Bertz CT molecular complexity index is 1380. The van der Waals surface area contributed by atoms with Gasteiger partial charge in [-0.15, -0.1) is 0 Å². The number of thioether (sulfide) groups is 1. The molecule has 0 bridgehead atoms. The second-order valence-electron chi connectivity index (χ2n) is 7.67. The highest BCUT2D eigenvalue weighted by atomic mass is 35.5. The zero-order chi connectivity index (χ0) is 24.1. The summed E-state index contributed by atoms with van der Waals surface area (Å²) in [5.74, 6) is -2.68. The Hall–Kier alpha value is -2.59. The normalized spacial score (nSPS) is 21.4. The summed E-state index contributed by atoms with van der Waals surface area (Å²) in [4.78, 5) is 55.6. The summed E-state index contributed by atoms with van der Waals surface area (Å²) >= 11 is 15.0. The van der Waals surface area contributed by atoms with Gasteiger partial charge in [-0.3, -0.25) is 14.4 Å². The van der Waals surface area contributed by atoms with Crippen LogP contribution in [0.2, 0.25) is 10.0 Å². The van der Waals surface area contributed by atoms with Crippen molar-refractivity contribution in [2.24, 2.45) is 5.92 Å². The van der Waals surface area contributed by atoms with E-state index in [9.17, 15) is 19.2 Å². The van der Waals surface area contributed by atoms with E-state index in [1.165, 1.54) is 23.9 Å². The third-order valence-corrected chi connectivity index (χ3v) is 9.01. The molecule has 0 spiro atoms. The molecule has 2 aliphatic rings. The van der Waals surface area contributed by atoms with Gasteiger partial charge in [-0.05, 0) is 42.8 Å². The van der Waals surface area contributed by atoms with Gasteiger partial charge in [0.15, 0.2) is 0 Å². The van der Waals surface area contributed by atoms with E-state index in [1.807, 2.05) is 0 Å². The van der Waals surface area contributed by atoms with E-state index in [2.05, 4.69) is 4.98 Å². The summed E-state index contributed by atoms with van der Waals surface area (Å²) in [5.41, 5.74) is 1.26. The van der Waals surface area contributed by atoms with Crippen molar-refractivity contribution in [3.05, 3.63) is 78.2 Å². The summed E-state index contributed by atoms with van der Waals surface area (Å²) in [5, 5.41) is 0.402. The summed E-state index contributed by atoms with van der Waals surface area (Å²) in [6.07, 6.45) is 0. The number of ether oxygens (including phenoxy) is 1. The van der Waals surface area contributed by atoms with E-state index in [4.69, 9.17) is 27.9 Å². The first-order valence-electron chi connectivity index (χ1n) is 10.3. The van der Waals surface area contributed by atoms with Crippen LogP contribution in [0, 0.1) is 5.92 Å². The van der Waals surface area contributed by atoms with Crippen LogP contribution in [-0.4, -0.2) is 34.6 Å². The summed E-state index contributed by atoms with van der Waals surface area (Å²) in [6, 6.07) is 11.2. The minimum atomic E-state index is -0.780. The molecule has 0 aliphatic carbocycles. The van der Waals surface area contributed by atoms with Crippen LogP contribution in [0.5, 0.6) is 0 Å². The lowest BCUT2D eigenvalue weighted by atomic mass is 9.83. The number of anilines is 1. The number of carbonyl (C=O) groups is 3. The zero-order valence-electron chi connectivity index (χ0n) is 17.5. The molecule has 3 aromatic rings. The van der Waals surface area contributed by atoms with E-state index < -0.39 is 34.9 Å². The van der Waals surface area contributed by atoms with E-state index in [0.29, 0.717) is 31.7 Å². The minimum absolute atomic E-state index is 0.240. The molecule has 2 amide bonds. The lowest BCUT2D eigenvalue weighted by Crippen LogP contribution is -2.32. The number of carbonyl (C=O) groups excluding carboxylic acids is 3. The number of hydrogen-bond donors (Lipinski definition) is 1. The van der Waals surface area contributed by atoms with Gasteiger partial charge in [-0.2, -0.15) is 0 Å². The maximum atomic E-state index is 13.7. The quantitative estimate of drug-likeness (QED) is 0.384. The fourth-order valence-electron chi connectivity index (χ4n) is 4.33. The molecule has 1 saturated heterocycles. The highest BCUT2D eigenvalue weighted by molar-refractivity contribution is 8.00. The van der Waals surface area contributed by atoms with Crippen molar-refractivity contribution < 1.29 is 19.1 Å². The smallest absolute Gasteiger partial charge is 0.338 e. The van der Waals surface area contributed by atoms with Crippen LogP contribution in [0.1, 0.15) is 33.6 Å². The first kappa shape index (κ1) is 23.2. The van der Waals surface area contributed by atoms with Gasteiger partial charge in [-0.1, -0.05) is 58.4 Å². The first-order valence-corrected chi connectivity index (χ1v) is 12.8. The SMILES string of the molecule is CCOC(=O)c1ccc(N2C(=O)C3Sc4[nH]c(=O)sc4[C@H](c4cccc(Cl)c4Cl)C3C2=O)cc1. The summed E-state index contributed by atoms with van der Waals surface area (Å²) < 4.78 is 4.99. The molecular formula is C23H16Cl2N2O5S2. The molecule has 174 valence electrons. The lowest BCUT2D eigenvalue weighted by Gasteiger charge is -2.30. The number of benzene rings is 2. The number of amides is 2. The molecule has 11 heteroatoms. The van der Waals surface area contributed by atoms with Crippen LogP contribution in [-0.2, 0) is 14.3 Å². The van der Waals surface area contributed by atoms with Crippen molar-refractivity contribution in [1.82, 2.24) is 4.98 Å². The van der Waals surface area contributed by atoms with E-state index in [0.717, 1.165) is 16.2 Å². The standard InChI is InChI=1S/C23H16Cl2N2O5S2/c1-2-32-22(30)10-6-8-11(9-7-10)27-20(28)15-14(12-4-3-5-13(24)16(12)25)17-19(26-23(31)34-17)33-18(15)21(27)29/h3-9,14-15,18H,2H2,1H3,(H,26,31)/t14-,15?,18?/m1/s1. The number of hydrogen-bond acceptors (Lipinski definition) is 7. The van der Waals surface area contributed by atoms with Gasteiger partial charge >= 0.3 is 10.8 Å². The maximum absolute atomic E-state index is 13.7. The van der Waals surface area contributed by atoms with Crippen LogP contribution >= 0.6 is 46.3 Å². The number of thiazole rings is 1. The van der Waals surface area contributed by atoms with Crippen molar-refractivity contribution in [3.63, 3.8) is 0 Å². The number of esters is 1. The Morgan fingerprint density at radius 3 is 2.53 bits per heavy atom. The molecule has 3 heterocycles. The molecule has 5 rings (SSSR count). The molecule has 0 saturated carbocycles. The van der Waals surface area contributed by atoms with E-state index >= 15 is 0 Å². The van der Waals surface area contributed by atoms with Crippen LogP contribution < -0.4 is 9.77 Å². The number of halogens is 2. The number of imide groups is 1. The number of nitrogens with one attached hydrogen (secondary N) is 1. The highest BCUT2D eigenvalue weighted by Crippen LogP contribution is 2.54. The second-order valence-corrected chi connectivity index (χ2v) is 10.6. The predicted molar refractivity (Wildman–Crippen MR) is 131 cm³/mol. The van der Waals surface area contributed by atoms with Crippen LogP contribution in [0.4, 0.5) is 5.69 Å². The monoisotopic (exact) mass is 534 g/mol. The molecule has 2 unspecified atom stereocenters. The summed E-state index contributed by atoms with van der Waals surface area (Å²) in [6.45, 7) is 1.95. The number of aromatic nitrogens is 1. The van der Waals surface area contributed by atoms with Crippen molar-refractivity contribution in [1.29, 1.82) is 0 Å². The number of aromatic amines is 1. The van der Waals surface area contributed by atoms with Crippen LogP contribution in [0.3, 0.4) is 0 Å². The molecule has 1 N–H and O–H groups in total. The topological polar surface area (TPSA) is 96.5 Å². The van der Waals surface area contributed by atoms with Crippen molar-refractivity contribution in [2.45, 2.75) is 23.1 Å². The fourth-order valence-corrected chi connectivity index (χ4v) is 7.26. The minimum Gasteiger partial charge on any atom is -0.462 e. The molecule has 2 aromatic carbocycles. The molecule has 1 aromatic heterocycles. The highest BCUT2D eigenvalue weighted by Gasteiger charge is 2.56. The average Bonchev–Trinajstić information content (AvgIpc) is 3.31. The second kappa shape index (κ2) is 8.88.